The van der Waals surface area contributed by atoms with E-state index in [1.165, 1.54) is 23.3 Å². The first-order valence-electron chi connectivity index (χ1n) is 10.7. The molecule has 156 valence electrons. The quantitative estimate of drug-likeness (QED) is 0.657. The van der Waals surface area contributed by atoms with Gasteiger partial charge >= 0.3 is 0 Å². The Morgan fingerprint density at radius 2 is 1.93 bits per heavy atom. The fourth-order valence-corrected chi connectivity index (χ4v) is 5.45. The molecule has 0 amide bonds. The molecule has 0 bridgehead atoms. The van der Waals surface area contributed by atoms with Crippen LogP contribution in [0.25, 0.3) is 0 Å². The molecular weight excluding hydrogens is 377 g/mol. The highest BCUT2D eigenvalue weighted by Crippen LogP contribution is 2.58. The largest absolute Gasteiger partial charge is 0.399 e. The van der Waals surface area contributed by atoms with Gasteiger partial charge in [-0.05, 0) is 79.6 Å². The van der Waals surface area contributed by atoms with Gasteiger partial charge in [-0.3, -0.25) is 5.01 Å². The highest BCUT2D eigenvalue weighted by molar-refractivity contribution is 5.60. The maximum absolute atomic E-state index is 13.3. The number of allylic oxidation sites excluding steroid dienone is 1. The van der Waals surface area contributed by atoms with Crippen molar-refractivity contribution in [3.8, 4) is 0 Å². The summed E-state index contributed by atoms with van der Waals surface area (Å²) < 4.78 is 13.3. The minimum absolute atomic E-state index is 0.235. The lowest BCUT2D eigenvalue weighted by Gasteiger charge is -2.43. The number of benzene rings is 2. The van der Waals surface area contributed by atoms with E-state index in [9.17, 15) is 9.50 Å². The number of hydrazine groups is 1. The van der Waals surface area contributed by atoms with Crippen LogP contribution in [0.15, 0.2) is 71.5 Å². The van der Waals surface area contributed by atoms with Crippen molar-refractivity contribution >= 4 is 11.4 Å². The second-order valence-corrected chi connectivity index (χ2v) is 9.04. The molecule has 3 aliphatic rings. The van der Waals surface area contributed by atoms with Gasteiger partial charge in [0.15, 0.2) is 0 Å². The first-order valence-corrected chi connectivity index (χ1v) is 10.7. The van der Waals surface area contributed by atoms with E-state index in [0.29, 0.717) is 6.42 Å². The van der Waals surface area contributed by atoms with E-state index in [0.717, 1.165) is 54.9 Å². The van der Waals surface area contributed by atoms with Gasteiger partial charge in [-0.2, -0.15) is 0 Å². The number of fused-ring (bicyclic) bond motifs is 1. The third-order valence-electron chi connectivity index (χ3n) is 7.42. The van der Waals surface area contributed by atoms with E-state index >= 15 is 0 Å². The van der Waals surface area contributed by atoms with Gasteiger partial charge in [0.2, 0.25) is 0 Å². The van der Waals surface area contributed by atoms with Crippen molar-refractivity contribution in [3.63, 3.8) is 0 Å². The number of nitrogen functional groups attached to an aromatic ring is 1. The van der Waals surface area contributed by atoms with Gasteiger partial charge in [0.05, 0.1) is 17.0 Å². The highest BCUT2D eigenvalue weighted by atomic mass is 19.1. The Morgan fingerprint density at radius 3 is 2.70 bits per heavy atom. The zero-order valence-electron chi connectivity index (χ0n) is 17.3. The second kappa shape index (κ2) is 6.96. The fraction of sp³-hybridized carbons (Fsp3) is 0.360. The van der Waals surface area contributed by atoms with Crippen molar-refractivity contribution < 1.29 is 9.50 Å². The number of anilines is 2. The first-order chi connectivity index (χ1) is 14.4. The van der Waals surface area contributed by atoms with Gasteiger partial charge in [0, 0.05) is 17.6 Å². The van der Waals surface area contributed by atoms with Crippen molar-refractivity contribution in [2.45, 2.75) is 44.6 Å². The number of aliphatic hydroxyl groups is 1. The molecule has 2 aliphatic carbocycles. The summed E-state index contributed by atoms with van der Waals surface area (Å²) in [4.78, 5) is 0. The molecule has 30 heavy (non-hydrogen) atoms. The standard InChI is InChI=1S/C25H28FN3O/c1-24-15-18-16-28-29(21-8-6-20(26)7-9-21)23(18)14-19(24)11-13-25(24,30)12-10-17-4-2-3-5-22(17)27/h2-9,14,28,30H,10-13,15-16,27H2,1H3/t24?,25-/m0/s1. The minimum atomic E-state index is -0.747. The zero-order valence-corrected chi connectivity index (χ0v) is 17.3. The summed E-state index contributed by atoms with van der Waals surface area (Å²) in [7, 11) is 0. The first kappa shape index (κ1) is 19.3. The topological polar surface area (TPSA) is 61.5 Å². The van der Waals surface area contributed by atoms with Crippen molar-refractivity contribution in [1.82, 2.24) is 5.43 Å². The van der Waals surface area contributed by atoms with Crippen LogP contribution < -0.4 is 16.2 Å². The fourth-order valence-electron chi connectivity index (χ4n) is 5.45. The molecular formula is C25H28FN3O. The number of halogens is 1. The van der Waals surface area contributed by atoms with Crippen molar-refractivity contribution in [1.29, 1.82) is 0 Å². The van der Waals surface area contributed by atoms with Gasteiger partial charge in [-0.15, -0.1) is 0 Å². The molecule has 0 radical (unpaired) electrons. The molecule has 0 spiro atoms. The molecule has 4 nitrogen and oxygen atoms in total. The van der Waals surface area contributed by atoms with Crippen LogP contribution in [0.3, 0.4) is 0 Å². The van der Waals surface area contributed by atoms with Gasteiger partial charge < -0.3 is 10.8 Å². The van der Waals surface area contributed by atoms with E-state index in [1.807, 2.05) is 23.2 Å². The summed E-state index contributed by atoms with van der Waals surface area (Å²) in [6.45, 7) is 2.96. The average Bonchev–Trinajstić information content (AvgIpc) is 3.24. The lowest BCUT2D eigenvalue weighted by molar-refractivity contribution is -0.0464. The van der Waals surface area contributed by atoms with Gasteiger partial charge in [0.25, 0.3) is 0 Å². The molecule has 0 saturated heterocycles. The predicted octanol–water partition coefficient (Wildman–Crippen LogP) is 4.48. The number of rotatable bonds is 4. The van der Waals surface area contributed by atoms with Crippen LogP contribution in [0.1, 0.15) is 38.2 Å². The molecule has 1 aliphatic heterocycles. The van der Waals surface area contributed by atoms with Crippen LogP contribution in [-0.4, -0.2) is 17.3 Å². The molecule has 1 unspecified atom stereocenters. The Morgan fingerprint density at radius 1 is 1.17 bits per heavy atom. The molecule has 0 aromatic heterocycles. The normalized spacial score (nSPS) is 27.8. The second-order valence-electron chi connectivity index (χ2n) is 9.04. The number of nitrogens with two attached hydrogens (primary N) is 1. The number of nitrogens with one attached hydrogen (secondary N) is 1. The molecule has 2 atom stereocenters. The summed E-state index contributed by atoms with van der Waals surface area (Å²) in [5, 5.41) is 13.8. The molecule has 4 N–H and O–H groups in total. The maximum atomic E-state index is 13.3. The average molecular weight is 406 g/mol. The predicted molar refractivity (Wildman–Crippen MR) is 118 cm³/mol. The SMILES string of the molecule is CC12CC3=C(C=C1CC[C@@]2(O)CCc1ccccc1N)N(c1ccc(F)cc1)NC3. The summed E-state index contributed by atoms with van der Waals surface area (Å²) in [5.41, 5.74) is 15.1. The minimum Gasteiger partial charge on any atom is -0.399 e. The number of hydrogen-bond acceptors (Lipinski definition) is 4. The Hall–Kier alpha value is -2.63. The lowest BCUT2D eigenvalue weighted by Crippen LogP contribution is -2.44. The van der Waals surface area contributed by atoms with Gasteiger partial charge in [0.1, 0.15) is 5.82 Å². The van der Waals surface area contributed by atoms with Crippen LogP contribution in [0, 0.1) is 11.2 Å². The van der Waals surface area contributed by atoms with Crippen molar-refractivity contribution in [2.24, 2.45) is 5.41 Å². The molecule has 2 aromatic rings. The smallest absolute Gasteiger partial charge is 0.123 e. The Kier molecular flexibility index (Phi) is 4.49. The third kappa shape index (κ3) is 2.96. The molecule has 1 fully saturated rings. The summed E-state index contributed by atoms with van der Waals surface area (Å²) in [6.07, 6.45) is 6.22. The van der Waals surface area contributed by atoms with Gasteiger partial charge in [-0.25, -0.2) is 9.82 Å². The van der Waals surface area contributed by atoms with E-state index in [2.05, 4.69) is 24.5 Å². The molecule has 1 saturated carbocycles. The summed E-state index contributed by atoms with van der Waals surface area (Å²) >= 11 is 0. The van der Waals surface area contributed by atoms with E-state index in [1.54, 1.807) is 12.1 Å². The highest BCUT2D eigenvalue weighted by Gasteiger charge is 2.55. The molecule has 1 heterocycles. The molecule has 5 heteroatoms. The van der Waals surface area contributed by atoms with Gasteiger partial charge in [-0.1, -0.05) is 30.7 Å². The van der Waals surface area contributed by atoms with E-state index in [-0.39, 0.29) is 11.2 Å². The number of para-hydroxylation sites is 1. The Balaban J connectivity index is 1.40. The number of aryl methyl sites for hydroxylation is 1. The zero-order chi connectivity index (χ0) is 20.9. The monoisotopic (exact) mass is 405 g/mol. The lowest BCUT2D eigenvalue weighted by atomic mass is 9.65. The Labute approximate surface area is 176 Å². The van der Waals surface area contributed by atoms with Crippen molar-refractivity contribution in [3.05, 3.63) is 82.8 Å². The van der Waals surface area contributed by atoms with Crippen LogP contribution in [0.2, 0.25) is 0 Å². The van der Waals surface area contributed by atoms with Crippen molar-refractivity contribution in [2.75, 3.05) is 17.3 Å². The van der Waals surface area contributed by atoms with Crippen LogP contribution in [0.4, 0.5) is 15.8 Å². The third-order valence-corrected chi connectivity index (χ3v) is 7.42. The molecule has 2 aromatic carbocycles. The number of nitrogens with zero attached hydrogens (tertiary/aromatic N) is 1. The van der Waals surface area contributed by atoms with Crippen LogP contribution in [0.5, 0.6) is 0 Å². The van der Waals surface area contributed by atoms with Crippen LogP contribution >= 0.6 is 0 Å². The van der Waals surface area contributed by atoms with E-state index < -0.39 is 5.60 Å². The molecule has 5 rings (SSSR count). The summed E-state index contributed by atoms with van der Waals surface area (Å²) in [5.74, 6) is -0.235. The van der Waals surface area contributed by atoms with Crippen LogP contribution in [-0.2, 0) is 6.42 Å². The number of hydrogen-bond donors (Lipinski definition) is 3. The Bertz CT molecular complexity index is 1040. The summed E-state index contributed by atoms with van der Waals surface area (Å²) in [6, 6.07) is 14.5. The maximum Gasteiger partial charge on any atom is 0.123 e. The van der Waals surface area contributed by atoms with E-state index in [4.69, 9.17) is 5.73 Å².